The summed E-state index contributed by atoms with van der Waals surface area (Å²) in [5.74, 6) is -1.83. The molecule has 0 unspecified atom stereocenters. The van der Waals surface area contributed by atoms with Gasteiger partial charge in [-0.3, -0.25) is 0 Å². The molecular formula is C42H84N2O4. The molecule has 48 heavy (non-hydrogen) atoms. The van der Waals surface area contributed by atoms with E-state index in [-0.39, 0.29) is 12.8 Å². The number of carbonyl (C=O) groups is 2. The second-order valence-electron chi connectivity index (χ2n) is 13.5. The summed E-state index contributed by atoms with van der Waals surface area (Å²) >= 11 is 0. The molecule has 0 atom stereocenters. The van der Waals surface area contributed by atoms with E-state index in [0.29, 0.717) is 0 Å². The van der Waals surface area contributed by atoms with Crippen LogP contribution < -0.4 is 21.7 Å². The summed E-state index contributed by atoms with van der Waals surface area (Å²) in [6, 6.07) is 0. The van der Waals surface area contributed by atoms with Crippen molar-refractivity contribution in [3.8, 4) is 0 Å². The van der Waals surface area contributed by atoms with E-state index in [1.54, 1.807) is 0 Å². The molecule has 0 fully saturated rings. The van der Waals surface area contributed by atoms with E-state index in [9.17, 15) is 19.8 Å². The molecule has 0 aromatic rings. The topological polar surface area (TPSA) is 136 Å². The average molecular weight is 681 g/mol. The molecule has 0 aliphatic rings. The summed E-state index contributed by atoms with van der Waals surface area (Å²) < 4.78 is 0. The quantitative estimate of drug-likeness (QED) is 0.0512. The van der Waals surface area contributed by atoms with Crippen molar-refractivity contribution in [2.45, 2.75) is 219 Å². The van der Waals surface area contributed by atoms with Gasteiger partial charge in [0, 0.05) is 11.9 Å². The van der Waals surface area contributed by atoms with Gasteiger partial charge in [0.25, 0.3) is 0 Å². The van der Waals surface area contributed by atoms with Crippen molar-refractivity contribution in [2.24, 2.45) is 0 Å². The van der Waals surface area contributed by atoms with E-state index in [4.69, 9.17) is 0 Å². The number of carboxylic acid groups (broad SMARTS) is 2. The minimum Gasteiger partial charge on any atom is -0.550 e. The third-order valence-electron chi connectivity index (χ3n) is 8.54. The molecule has 0 aromatic heterocycles. The van der Waals surface area contributed by atoms with E-state index in [1.165, 1.54) is 154 Å². The molecule has 6 N–H and O–H groups in total. The maximum atomic E-state index is 10.2. The Labute approximate surface area is 299 Å². The summed E-state index contributed by atoms with van der Waals surface area (Å²) in [6.45, 7) is 6.70. The minimum absolute atomic E-state index is 0.220. The first-order valence-corrected chi connectivity index (χ1v) is 20.7. The van der Waals surface area contributed by atoms with Crippen molar-refractivity contribution in [3.05, 3.63) is 24.3 Å². The predicted molar refractivity (Wildman–Crippen MR) is 203 cm³/mol. The largest absolute Gasteiger partial charge is 0.550 e. The number of hydrogen-bond acceptors (Lipinski definition) is 4. The molecule has 0 saturated heterocycles. The summed E-state index contributed by atoms with van der Waals surface area (Å²) in [5, 5.41) is 20.4. The molecule has 0 amide bonds. The van der Waals surface area contributed by atoms with Crippen molar-refractivity contribution >= 4 is 11.9 Å². The predicted octanol–water partition coefficient (Wildman–Crippen LogP) is 8.58. The van der Waals surface area contributed by atoms with Crippen LogP contribution in [0.15, 0.2) is 24.3 Å². The maximum Gasteiger partial charge on any atom is 0.0739 e. The van der Waals surface area contributed by atoms with Crippen molar-refractivity contribution < 1.29 is 31.3 Å². The highest BCUT2D eigenvalue weighted by atomic mass is 16.4. The van der Waals surface area contributed by atoms with Gasteiger partial charge in [0.1, 0.15) is 0 Å². The van der Waals surface area contributed by atoms with Crippen LogP contribution >= 0.6 is 0 Å². The van der Waals surface area contributed by atoms with Crippen LogP contribution in [-0.4, -0.2) is 25.0 Å². The summed E-state index contributed by atoms with van der Waals surface area (Å²) in [4.78, 5) is 20.4. The fraction of sp³-hybridized carbons (Fsp3) is 0.857. The fourth-order valence-corrected chi connectivity index (χ4v) is 5.39. The Bertz CT molecular complexity index is 610. The molecule has 0 radical (unpaired) electrons. The van der Waals surface area contributed by atoms with Crippen LogP contribution in [0.4, 0.5) is 0 Å². The maximum absolute atomic E-state index is 10.2. The van der Waals surface area contributed by atoms with Gasteiger partial charge in [-0.1, -0.05) is 141 Å². The molecule has 0 saturated carbocycles. The molecule has 286 valence electrons. The van der Waals surface area contributed by atoms with Gasteiger partial charge < -0.3 is 31.3 Å². The van der Waals surface area contributed by atoms with E-state index in [1.807, 2.05) is 0 Å². The zero-order chi connectivity index (χ0) is 36.0. The average Bonchev–Trinajstić information content (AvgIpc) is 3.07. The van der Waals surface area contributed by atoms with Crippen LogP contribution in [0.25, 0.3) is 0 Å². The minimum atomic E-state index is -0.914. The molecule has 0 aliphatic heterocycles. The lowest BCUT2D eigenvalue weighted by Crippen LogP contribution is -2.50. The SMILES string of the molecule is CCCCCCCC/C=C\CCCCCCCC(=O)[O-].CCCCCCCC/C=C\CCCCCCCC(=O)[O-].[NH3+]CCCCCC[NH3+]. The molecule has 0 aliphatic carbocycles. The van der Waals surface area contributed by atoms with Gasteiger partial charge in [-0.2, -0.15) is 0 Å². The number of carbonyl (C=O) groups excluding carboxylic acids is 2. The van der Waals surface area contributed by atoms with Gasteiger partial charge in [0.15, 0.2) is 0 Å². The smallest absolute Gasteiger partial charge is 0.0739 e. The van der Waals surface area contributed by atoms with Crippen LogP contribution in [0, 0.1) is 0 Å². The Kier molecular flexibility index (Phi) is 52.5. The van der Waals surface area contributed by atoms with Gasteiger partial charge in [-0.25, -0.2) is 0 Å². The second kappa shape index (κ2) is 49.7. The lowest BCUT2D eigenvalue weighted by Gasteiger charge is -2.01. The first-order valence-electron chi connectivity index (χ1n) is 20.7. The zero-order valence-corrected chi connectivity index (χ0v) is 32.4. The lowest BCUT2D eigenvalue weighted by atomic mass is 10.1. The molecule has 0 bridgehead atoms. The number of hydrogen-bond donors (Lipinski definition) is 2. The van der Waals surface area contributed by atoms with Crippen molar-refractivity contribution in [3.63, 3.8) is 0 Å². The lowest BCUT2D eigenvalue weighted by molar-refractivity contribution is -0.371. The molecule has 6 heteroatoms. The highest BCUT2D eigenvalue weighted by Gasteiger charge is 1.93. The van der Waals surface area contributed by atoms with Crippen LogP contribution in [0.2, 0.25) is 0 Å². The van der Waals surface area contributed by atoms with Crippen LogP contribution in [0.1, 0.15) is 219 Å². The molecule has 0 rings (SSSR count). The van der Waals surface area contributed by atoms with E-state index in [0.717, 1.165) is 51.6 Å². The molecule has 0 heterocycles. The molecule has 6 nitrogen and oxygen atoms in total. The van der Waals surface area contributed by atoms with E-state index >= 15 is 0 Å². The molecule has 0 spiro atoms. The highest BCUT2D eigenvalue weighted by molar-refractivity contribution is 5.64. The summed E-state index contributed by atoms with van der Waals surface area (Å²) in [5.41, 5.74) is 7.54. The Balaban J connectivity index is -0.000000689. The number of carboxylic acids is 2. The third kappa shape index (κ3) is 59.7. The zero-order valence-electron chi connectivity index (χ0n) is 32.4. The normalized spacial score (nSPS) is 11.0. The number of rotatable bonds is 35. The van der Waals surface area contributed by atoms with E-state index < -0.39 is 11.9 Å². The number of allylic oxidation sites excluding steroid dienone is 4. The Morgan fingerprint density at radius 2 is 0.604 bits per heavy atom. The van der Waals surface area contributed by atoms with Crippen LogP contribution in [0.5, 0.6) is 0 Å². The van der Waals surface area contributed by atoms with Gasteiger partial charge in [0.2, 0.25) is 0 Å². The van der Waals surface area contributed by atoms with Crippen LogP contribution in [-0.2, 0) is 9.59 Å². The van der Waals surface area contributed by atoms with E-state index in [2.05, 4.69) is 49.6 Å². The summed E-state index contributed by atoms with van der Waals surface area (Å²) in [7, 11) is 0. The third-order valence-corrected chi connectivity index (χ3v) is 8.54. The van der Waals surface area contributed by atoms with Crippen LogP contribution in [0.3, 0.4) is 0 Å². The first kappa shape index (κ1) is 50.7. The van der Waals surface area contributed by atoms with Gasteiger partial charge in [-0.05, 0) is 103 Å². The van der Waals surface area contributed by atoms with Crippen molar-refractivity contribution in [1.29, 1.82) is 0 Å². The number of unbranched alkanes of at least 4 members (excludes halogenated alkanes) is 25. The van der Waals surface area contributed by atoms with Crippen molar-refractivity contribution in [1.82, 2.24) is 0 Å². The van der Waals surface area contributed by atoms with Gasteiger partial charge in [-0.15, -0.1) is 0 Å². The molecular weight excluding hydrogens is 596 g/mol. The Morgan fingerprint density at radius 3 is 0.854 bits per heavy atom. The Morgan fingerprint density at radius 1 is 0.375 bits per heavy atom. The standard InChI is InChI=1S/2C18H34O2.C6H16N2/c2*1-2-3-4-5-6-7-8-9-10-11-12-13-14-15-16-17-18(19)20;7-5-3-1-2-4-6-8/h2*9-10H,2-8,11-17H2,1H3,(H,19,20);1-8H2/b2*10-9-;. The number of aliphatic carboxylic acids is 2. The number of quaternary nitrogens is 2. The van der Waals surface area contributed by atoms with Gasteiger partial charge >= 0.3 is 0 Å². The summed E-state index contributed by atoms with van der Waals surface area (Å²) in [6.07, 6.45) is 47.1. The fourth-order valence-electron chi connectivity index (χ4n) is 5.39. The second-order valence-corrected chi connectivity index (χ2v) is 13.5. The van der Waals surface area contributed by atoms with Crippen molar-refractivity contribution in [2.75, 3.05) is 13.1 Å². The Hall–Kier alpha value is -1.66. The first-order chi connectivity index (χ1) is 23.5. The molecule has 0 aromatic carbocycles. The van der Waals surface area contributed by atoms with Gasteiger partial charge in [0.05, 0.1) is 13.1 Å². The monoisotopic (exact) mass is 681 g/mol. The highest BCUT2D eigenvalue weighted by Crippen LogP contribution is 2.11.